The van der Waals surface area contributed by atoms with E-state index < -0.39 is 0 Å². The number of benzene rings is 3. The highest BCUT2D eigenvalue weighted by Crippen LogP contribution is 2.36. The third-order valence-electron chi connectivity index (χ3n) is 5.98. The van der Waals surface area contributed by atoms with Gasteiger partial charge in [-0.1, -0.05) is 68.8 Å². The lowest BCUT2D eigenvalue weighted by Crippen LogP contribution is -2.27. The number of hydrogen-bond acceptors (Lipinski definition) is 6. The Hall–Kier alpha value is -3.42. The van der Waals surface area contributed by atoms with Crippen molar-refractivity contribution in [2.75, 3.05) is 20.3 Å². The summed E-state index contributed by atoms with van der Waals surface area (Å²) in [5, 5.41) is 0.181. The minimum absolute atomic E-state index is 0.0927. The number of hydrogen-bond donors (Lipinski definition) is 0. The van der Waals surface area contributed by atoms with Crippen LogP contribution in [0.4, 0.5) is 4.79 Å². The largest absolute Gasteiger partial charge is 0.493 e. The molecule has 6 nitrogen and oxygen atoms in total. The number of ether oxygens (including phenoxy) is 3. The van der Waals surface area contributed by atoms with Crippen LogP contribution in [-0.2, 0) is 16.8 Å². The third kappa shape index (κ3) is 6.71. The number of amides is 2. The maximum atomic E-state index is 12.9. The van der Waals surface area contributed by atoms with Crippen molar-refractivity contribution < 1.29 is 23.8 Å². The van der Waals surface area contributed by atoms with Crippen LogP contribution in [0.15, 0.2) is 71.6 Å². The van der Waals surface area contributed by atoms with E-state index in [1.165, 1.54) is 10.5 Å². The molecule has 0 aromatic heterocycles. The maximum absolute atomic E-state index is 12.9. The molecule has 2 amide bonds. The average Bonchev–Trinajstić information content (AvgIpc) is 3.15. The molecule has 8 heteroatoms. The molecule has 1 aliphatic heterocycles. The summed E-state index contributed by atoms with van der Waals surface area (Å²) in [5.41, 5.74) is 2.77. The maximum Gasteiger partial charge on any atom is 0.293 e. The molecule has 1 aliphatic rings. The topological polar surface area (TPSA) is 65.1 Å². The second kappa shape index (κ2) is 12.0. The first-order chi connectivity index (χ1) is 18.2. The van der Waals surface area contributed by atoms with Gasteiger partial charge in [0.25, 0.3) is 11.1 Å². The summed E-state index contributed by atoms with van der Waals surface area (Å²) in [6.45, 7) is 7.35. The fourth-order valence-corrected chi connectivity index (χ4v) is 4.87. The number of nitrogens with zero attached hydrogens (tertiary/aromatic N) is 1. The third-order valence-corrected chi connectivity index (χ3v) is 7.25. The summed E-state index contributed by atoms with van der Waals surface area (Å²) < 4.78 is 17.2. The minimum atomic E-state index is -0.355. The number of carbonyl (C=O) groups excluding carboxylic acids is 2. The Morgan fingerprint density at radius 1 is 0.921 bits per heavy atom. The van der Waals surface area contributed by atoms with Crippen molar-refractivity contribution in [2.45, 2.75) is 32.7 Å². The average molecular weight is 552 g/mol. The van der Waals surface area contributed by atoms with Gasteiger partial charge in [-0.15, -0.1) is 0 Å². The number of methoxy groups -OCH3 is 1. The van der Waals surface area contributed by atoms with Crippen LogP contribution in [0.1, 0.15) is 37.5 Å². The van der Waals surface area contributed by atoms with Crippen molar-refractivity contribution in [1.29, 1.82) is 0 Å². The normalized spacial score (nSPS) is 14.8. The SMILES string of the molecule is COc1cc(/C=C2\SC(=O)N(Cc3ccccc3Cl)C2=O)ccc1OCCOc1ccc(C(C)(C)C)cc1. The van der Waals surface area contributed by atoms with Gasteiger partial charge in [0, 0.05) is 5.02 Å². The summed E-state index contributed by atoms with van der Waals surface area (Å²) in [6.07, 6.45) is 1.67. The number of carbonyl (C=O) groups is 2. The zero-order chi connectivity index (χ0) is 27.3. The molecular formula is C30H30ClNO5S. The molecule has 0 N–H and O–H groups in total. The second-order valence-electron chi connectivity index (χ2n) is 9.74. The van der Waals surface area contributed by atoms with Gasteiger partial charge in [0.2, 0.25) is 0 Å². The molecule has 4 rings (SSSR count). The van der Waals surface area contributed by atoms with Crippen molar-refractivity contribution in [3.05, 3.63) is 93.3 Å². The van der Waals surface area contributed by atoms with Crippen molar-refractivity contribution in [1.82, 2.24) is 4.90 Å². The predicted octanol–water partition coefficient (Wildman–Crippen LogP) is 7.34. The van der Waals surface area contributed by atoms with Crippen LogP contribution in [-0.4, -0.2) is 36.4 Å². The van der Waals surface area contributed by atoms with E-state index in [2.05, 4.69) is 32.9 Å². The standard InChI is InChI=1S/C30H30ClNO5S/c1-30(2,3)22-10-12-23(13-11-22)36-15-16-37-25-14-9-20(17-26(25)35-4)18-27-28(33)32(29(34)38-27)19-21-7-5-6-8-24(21)31/h5-14,17-18H,15-16,19H2,1-4H3/b27-18-. The van der Waals surface area contributed by atoms with E-state index >= 15 is 0 Å². The Kier molecular flexibility index (Phi) is 8.69. The smallest absolute Gasteiger partial charge is 0.293 e. The number of thioether (sulfide) groups is 1. The van der Waals surface area contributed by atoms with Crippen LogP contribution in [0.3, 0.4) is 0 Å². The van der Waals surface area contributed by atoms with E-state index in [0.29, 0.717) is 45.8 Å². The van der Waals surface area contributed by atoms with Crippen LogP contribution in [0.5, 0.6) is 17.2 Å². The van der Waals surface area contributed by atoms with Crippen LogP contribution in [0.2, 0.25) is 5.02 Å². The second-order valence-corrected chi connectivity index (χ2v) is 11.1. The molecule has 38 heavy (non-hydrogen) atoms. The van der Waals surface area contributed by atoms with Gasteiger partial charge in [-0.05, 0) is 70.3 Å². The van der Waals surface area contributed by atoms with Gasteiger partial charge in [0.05, 0.1) is 18.6 Å². The van der Waals surface area contributed by atoms with Crippen molar-refractivity contribution >= 4 is 40.6 Å². The van der Waals surface area contributed by atoms with E-state index in [4.69, 9.17) is 25.8 Å². The first kappa shape index (κ1) is 27.6. The van der Waals surface area contributed by atoms with Gasteiger partial charge in [0.15, 0.2) is 11.5 Å². The van der Waals surface area contributed by atoms with Crippen LogP contribution >= 0.6 is 23.4 Å². The summed E-state index contributed by atoms with van der Waals surface area (Å²) >= 11 is 7.11. The molecule has 0 unspecified atom stereocenters. The van der Waals surface area contributed by atoms with E-state index in [1.807, 2.05) is 24.3 Å². The predicted molar refractivity (Wildman–Crippen MR) is 152 cm³/mol. The van der Waals surface area contributed by atoms with Crippen LogP contribution in [0, 0.1) is 0 Å². The fourth-order valence-electron chi connectivity index (χ4n) is 3.84. The molecule has 0 radical (unpaired) electrons. The van der Waals surface area contributed by atoms with E-state index in [-0.39, 0.29) is 23.1 Å². The van der Waals surface area contributed by atoms with Gasteiger partial charge >= 0.3 is 0 Å². The first-order valence-corrected chi connectivity index (χ1v) is 13.4. The number of halogens is 1. The number of rotatable bonds is 9. The molecule has 198 valence electrons. The molecule has 0 atom stereocenters. The molecule has 0 spiro atoms. The lowest BCUT2D eigenvalue weighted by atomic mass is 9.87. The van der Waals surface area contributed by atoms with E-state index in [9.17, 15) is 9.59 Å². The lowest BCUT2D eigenvalue weighted by Gasteiger charge is -2.19. The minimum Gasteiger partial charge on any atom is -0.493 e. The molecule has 1 heterocycles. The van der Waals surface area contributed by atoms with Gasteiger partial charge in [0.1, 0.15) is 19.0 Å². The highest BCUT2D eigenvalue weighted by Gasteiger charge is 2.35. The molecule has 1 fully saturated rings. The summed E-state index contributed by atoms with van der Waals surface area (Å²) in [7, 11) is 1.55. The monoisotopic (exact) mass is 551 g/mol. The quantitative estimate of drug-likeness (QED) is 0.205. The van der Waals surface area contributed by atoms with Gasteiger partial charge in [-0.3, -0.25) is 14.5 Å². The van der Waals surface area contributed by atoms with Gasteiger partial charge in [-0.2, -0.15) is 0 Å². The zero-order valence-corrected chi connectivity index (χ0v) is 23.4. The van der Waals surface area contributed by atoms with Crippen LogP contribution < -0.4 is 14.2 Å². The molecule has 1 saturated heterocycles. The van der Waals surface area contributed by atoms with Crippen LogP contribution in [0.25, 0.3) is 6.08 Å². The van der Waals surface area contributed by atoms with Crippen molar-refractivity contribution in [3.63, 3.8) is 0 Å². The Balaban J connectivity index is 1.36. The van der Waals surface area contributed by atoms with E-state index in [0.717, 1.165) is 17.5 Å². The Morgan fingerprint density at radius 2 is 1.63 bits per heavy atom. The molecule has 0 bridgehead atoms. The van der Waals surface area contributed by atoms with Gasteiger partial charge < -0.3 is 14.2 Å². The fraction of sp³-hybridized carbons (Fsp3) is 0.267. The van der Waals surface area contributed by atoms with E-state index in [1.54, 1.807) is 43.5 Å². The van der Waals surface area contributed by atoms with Crippen molar-refractivity contribution in [3.8, 4) is 17.2 Å². The molecule has 3 aromatic carbocycles. The Labute approximate surface area is 232 Å². The first-order valence-electron chi connectivity index (χ1n) is 12.2. The number of imide groups is 1. The summed E-state index contributed by atoms with van der Waals surface area (Å²) in [6, 6.07) is 20.6. The highest BCUT2D eigenvalue weighted by molar-refractivity contribution is 8.18. The molecule has 0 aliphatic carbocycles. The molecule has 3 aromatic rings. The Morgan fingerprint density at radius 3 is 2.32 bits per heavy atom. The summed E-state index contributed by atoms with van der Waals surface area (Å²) in [4.78, 5) is 27.0. The highest BCUT2D eigenvalue weighted by atomic mass is 35.5. The van der Waals surface area contributed by atoms with Gasteiger partial charge in [-0.25, -0.2) is 0 Å². The van der Waals surface area contributed by atoms with Crippen molar-refractivity contribution in [2.24, 2.45) is 0 Å². The lowest BCUT2D eigenvalue weighted by molar-refractivity contribution is -0.123. The Bertz CT molecular complexity index is 1350. The molecular weight excluding hydrogens is 522 g/mol. The molecule has 0 saturated carbocycles. The summed E-state index contributed by atoms with van der Waals surface area (Å²) in [5.74, 6) is 1.51. The zero-order valence-electron chi connectivity index (χ0n) is 21.8.